The van der Waals surface area contributed by atoms with Gasteiger partial charge in [0.05, 0.1) is 0 Å². The second-order valence-electron chi connectivity index (χ2n) is 4.55. The molecule has 0 radical (unpaired) electrons. The summed E-state index contributed by atoms with van der Waals surface area (Å²) in [7, 11) is 0. The molecule has 18 heavy (non-hydrogen) atoms. The summed E-state index contributed by atoms with van der Waals surface area (Å²) in [6.07, 6.45) is 1.21. The van der Waals surface area contributed by atoms with Crippen LogP contribution in [0.25, 0.3) is 0 Å². The van der Waals surface area contributed by atoms with E-state index in [1.165, 1.54) is 0 Å². The van der Waals surface area contributed by atoms with Crippen molar-refractivity contribution in [2.45, 2.75) is 44.2 Å². The number of carbonyl (C=O) groups is 3. The molecule has 1 rings (SSSR count). The number of carbonyl (C=O) groups excluding carboxylic acids is 2. The fraction of sp³-hybridized carbons (Fsp3) is 0.727. The Bertz CT molecular complexity index is 349. The Hall–Kier alpha value is -1.63. The van der Waals surface area contributed by atoms with Crippen LogP contribution in [0.4, 0.5) is 0 Å². The van der Waals surface area contributed by atoms with Gasteiger partial charge in [-0.1, -0.05) is 0 Å². The normalized spacial score (nSPS) is 24.5. The summed E-state index contributed by atoms with van der Waals surface area (Å²) in [6.45, 7) is 2.12. The fourth-order valence-corrected chi connectivity index (χ4v) is 1.81. The average molecular weight is 258 g/mol. The van der Waals surface area contributed by atoms with Crippen LogP contribution in [-0.2, 0) is 19.1 Å². The van der Waals surface area contributed by atoms with Crippen molar-refractivity contribution in [3.8, 4) is 0 Å². The van der Waals surface area contributed by atoms with Crippen molar-refractivity contribution < 1.29 is 24.2 Å². The molecule has 0 aromatic rings. The standard InChI is InChI=1S/C11H18N2O5/c1-11(5-2-6-18-11)10(17)13-7(9(15)16)3-4-8(12)14/h7H,2-6H2,1H3,(H2,12,14)(H,13,17)(H,15,16). The molecule has 1 fully saturated rings. The van der Waals surface area contributed by atoms with Crippen LogP contribution in [0.5, 0.6) is 0 Å². The number of amides is 2. The van der Waals surface area contributed by atoms with Gasteiger partial charge in [0, 0.05) is 13.0 Å². The highest BCUT2D eigenvalue weighted by Crippen LogP contribution is 2.25. The second kappa shape index (κ2) is 5.81. The molecule has 2 amide bonds. The molecular weight excluding hydrogens is 240 g/mol. The lowest BCUT2D eigenvalue weighted by Gasteiger charge is -2.24. The van der Waals surface area contributed by atoms with Gasteiger partial charge in [-0.05, 0) is 26.2 Å². The predicted octanol–water partition coefficient (Wildman–Crippen LogP) is -0.610. The summed E-state index contributed by atoms with van der Waals surface area (Å²) >= 11 is 0. The minimum absolute atomic E-state index is 0.0213. The maximum Gasteiger partial charge on any atom is 0.326 e. The Kier molecular flexibility index (Phi) is 4.66. The van der Waals surface area contributed by atoms with Crippen molar-refractivity contribution >= 4 is 17.8 Å². The Morgan fingerprint density at radius 2 is 2.17 bits per heavy atom. The molecule has 0 aliphatic carbocycles. The molecule has 4 N–H and O–H groups in total. The molecular formula is C11H18N2O5. The van der Waals surface area contributed by atoms with Crippen molar-refractivity contribution in [3.05, 3.63) is 0 Å². The second-order valence-corrected chi connectivity index (χ2v) is 4.55. The highest BCUT2D eigenvalue weighted by Gasteiger charge is 2.39. The number of carboxylic acid groups (broad SMARTS) is 1. The Balaban J connectivity index is 2.57. The van der Waals surface area contributed by atoms with Gasteiger partial charge < -0.3 is 20.9 Å². The van der Waals surface area contributed by atoms with Gasteiger partial charge in [-0.15, -0.1) is 0 Å². The van der Waals surface area contributed by atoms with Gasteiger partial charge >= 0.3 is 5.97 Å². The lowest BCUT2D eigenvalue weighted by Crippen LogP contribution is -2.50. The summed E-state index contributed by atoms with van der Waals surface area (Å²) in [5.74, 6) is -2.25. The van der Waals surface area contributed by atoms with Crippen molar-refractivity contribution in [2.24, 2.45) is 5.73 Å². The van der Waals surface area contributed by atoms with Crippen LogP contribution in [0.2, 0.25) is 0 Å². The third kappa shape index (κ3) is 3.69. The van der Waals surface area contributed by atoms with E-state index in [9.17, 15) is 14.4 Å². The number of ether oxygens (including phenoxy) is 1. The van der Waals surface area contributed by atoms with Gasteiger partial charge in [0.2, 0.25) is 5.91 Å². The molecule has 0 aromatic carbocycles. The first-order chi connectivity index (χ1) is 8.35. The first-order valence-electron chi connectivity index (χ1n) is 5.81. The largest absolute Gasteiger partial charge is 0.480 e. The molecule has 1 heterocycles. The van der Waals surface area contributed by atoms with E-state index in [4.69, 9.17) is 15.6 Å². The summed E-state index contributed by atoms with van der Waals surface area (Å²) in [5.41, 5.74) is 3.98. The zero-order chi connectivity index (χ0) is 13.8. The topological polar surface area (TPSA) is 119 Å². The smallest absolute Gasteiger partial charge is 0.326 e. The quantitative estimate of drug-likeness (QED) is 0.587. The monoisotopic (exact) mass is 258 g/mol. The van der Waals surface area contributed by atoms with Gasteiger partial charge in [-0.3, -0.25) is 9.59 Å². The molecule has 7 heteroatoms. The van der Waals surface area contributed by atoms with Crippen LogP contribution in [0.3, 0.4) is 0 Å². The number of nitrogens with two attached hydrogens (primary N) is 1. The number of hydrogen-bond acceptors (Lipinski definition) is 4. The molecule has 1 aliphatic heterocycles. The third-order valence-electron chi connectivity index (χ3n) is 2.98. The van der Waals surface area contributed by atoms with Crippen molar-refractivity contribution in [2.75, 3.05) is 6.61 Å². The zero-order valence-electron chi connectivity index (χ0n) is 10.3. The van der Waals surface area contributed by atoms with Gasteiger partial charge in [-0.2, -0.15) is 0 Å². The van der Waals surface area contributed by atoms with E-state index < -0.39 is 29.4 Å². The summed E-state index contributed by atoms with van der Waals surface area (Å²) in [4.78, 5) is 33.5. The van der Waals surface area contributed by atoms with E-state index >= 15 is 0 Å². The maximum atomic E-state index is 11.9. The summed E-state index contributed by atoms with van der Waals surface area (Å²) < 4.78 is 5.31. The highest BCUT2D eigenvalue weighted by atomic mass is 16.5. The van der Waals surface area contributed by atoms with Crippen molar-refractivity contribution in [1.82, 2.24) is 5.32 Å². The molecule has 102 valence electrons. The Morgan fingerprint density at radius 1 is 1.50 bits per heavy atom. The molecule has 1 saturated heterocycles. The highest BCUT2D eigenvalue weighted by molar-refractivity contribution is 5.89. The van der Waals surface area contributed by atoms with E-state index in [2.05, 4.69) is 5.32 Å². The minimum atomic E-state index is -1.19. The van der Waals surface area contributed by atoms with E-state index in [-0.39, 0.29) is 12.8 Å². The van der Waals surface area contributed by atoms with Gasteiger partial charge in [-0.25, -0.2) is 4.79 Å². The van der Waals surface area contributed by atoms with Gasteiger partial charge in [0.1, 0.15) is 11.6 Å². The summed E-state index contributed by atoms with van der Waals surface area (Å²) in [6, 6.07) is -1.12. The molecule has 2 unspecified atom stereocenters. The Morgan fingerprint density at radius 3 is 2.61 bits per heavy atom. The van der Waals surface area contributed by atoms with E-state index in [1.807, 2.05) is 0 Å². The van der Waals surface area contributed by atoms with Crippen LogP contribution in [0.15, 0.2) is 0 Å². The molecule has 1 aliphatic rings. The van der Waals surface area contributed by atoms with Crippen LogP contribution < -0.4 is 11.1 Å². The zero-order valence-corrected chi connectivity index (χ0v) is 10.3. The minimum Gasteiger partial charge on any atom is -0.480 e. The number of rotatable bonds is 6. The van der Waals surface area contributed by atoms with Crippen molar-refractivity contribution in [1.29, 1.82) is 0 Å². The lowest BCUT2D eigenvalue weighted by atomic mass is 10.0. The number of aliphatic carboxylic acids is 1. The van der Waals surface area contributed by atoms with Crippen LogP contribution >= 0.6 is 0 Å². The first-order valence-corrected chi connectivity index (χ1v) is 5.81. The molecule has 7 nitrogen and oxygen atoms in total. The number of primary amides is 1. The Labute approximate surface area is 105 Å². The number of carboxylic acids is 1. The van der Waals surface area contributed by atoms with Gasteiger partial charge in [0.15, 0.2) is 0 Å². The lowest BCUT2D eigenvalue weighted by molar-refractivity contribution is -0.147. The third-order valence-corrected chi connectivity index (χ3v) is 2.98. The maximum absolute atomic E-state index is 11.9. The first kappa shape index (κ1) is 14.4. The summed E-state index contributed by atoms with van der Waals surface area (Å²) in [5, 5.41) is 11.3. The van der Waals surface area contributed by atoms with Gasteiger partial charge in [0.25, 0.3) is 5.91 Å². The van der Waals surface area contributed by atoms with Crippen LogP contribution in [-0.4, -0.2) is 41.1 Å². The number of hydrogen-bond donors (Lipinski definition) is 3. The van der Waals surface area contributed by atoms with E-state index in [0.29, 0.717) is 13.0 Å². The molecule has 0 spiro atoms. The molecule has 0 aromatic heterocycles. The predicted molar refractivity (Wildman–Crippen MR) is 61.6 cm³/mol. The molecule has 2 atom stereocenters. The number of nitrogens with one attached hydrogen (secondary N) is 1. The van der Waals surface area contributed by atoms with Crippen LogP contribution in [0, 0.1) is 0 Å². The SMILES string of the molecule is CC1(C(=O)NC(CCC(N)=O)C(=O)O)CCCO1. The van der Waals surface area contributed by atoms with Crippen molar-refractivity contribution in [3.63, 3.8) is 0 Å². The molecule has 0 bridgehead atoms. The average Bonchev–Trinajstić information content (AvgIpc) is 2.71. The molecule has 0 saturated carbocycles. The van der Waals surface area contributed by atoms with E-state index in [1.54, 1.807) is 6.92 Å². The fourth-order valence-electron chi connectivity index (χ4n) is 1.81. The van der Waals surface area contributed by atoms with E-state index in [0.717, 1.165) is 6.42 Å². The van der Waals surface area contributed by atoms with Crippen LogP contribution in [0.1, 0.15) is 32.6 Å².